The Morgan fingerprint density at radius 2 is 1.80 bits per heavy atom. The van der Waals surface area contributed by atoms with Crippen molar-refractivity contribution in [2.75, 3.05) is 18.0 Å². The highest BCUT2D eigenvalue weighted by molar-refractivity contribution is 6.07. The van der Waals surface area contributed by atoms with Crippen molar-refractivity contribution >= 4 is 22.5 Å². The second-order valence-corrected chi connectivity index (χ2v) is 10.6. The number of carbonyl (C=O) groups excluding carboxylic acids is 1. The van der Waals surface area contributed by atoms with Crippen LogP contribution in [0.4, 0.5) is 5.69 Å². The summed E-state index contributed by atoms with van der Waals surface area (Å²) in [4.78, 5) is 15.9. The highest BCUT2D eigenvalue weighted by Crippen LogP contribution is 2.46. The highest BCUT2D eigenvalue weighted by Gasteiger charge is 2.45. The first-order valence-corrected chi connectivity index (χ1v) is 13.2. The van der Waals surface area contributed by atoms with Gasteiger partial charge in [0.05, 0.1) is 23.3 Å². The summed E-state index contributed by atoms with van der Waals surface area (Å²) in [5.74, 6) is 8.04. The van der Waals surface area contributed by atoms with Crippen LogP contribution >= 0.6 is 0 Å². The monoisotopic (exact) mass is 466 g/mol. The van der Waals surface area contributed by atoms with E-state index in [0.29, 0.717) is 5.56 Å². The fraction of sp³-hybridized carbons (Fsp3) is 0.467. The minimum Gasteiger partial charge on any atom is -0.371 e. The number of aromatic nitrogens is 2. The summed E-state index contributed by atoms with van der Waals surface area (Å²) < 4.78 is 2.01. The number of benzene rings is 2. The highest BCUT2D eigenvalue weighted by atomic mass is 16.1. The molecule has 1 aliphatic heterocycles. The van der Waals surface area contributed by atoms with Gasteiger partial charge < -0.3 is 10.2 Å². The Kier molecular flexibility index (Phi) is 5.76. The molecule has 0 spiro atoms. The molecule has 2 aliphatic carbocycles. The molecule has 1 amide bonds. The standard InChI is InChI=1S/C30H34N4O/c1-3-7-22-12-15-27(30(35)32-25-8-5-4-6-9-25)29-28(22)17-31-34(29)20(2)21-10-13-26(14-11-21)33-18-23-16-24(23)19-33/h10-15,17,20,23-25H,4-6,8-9,16,18-19H2,1-2H3,(H,32,35)/t20-,23?,24?/m0/s1. The Bertz CT molecular complexity index is 1300. The van der Waals surface area contributed by atoms with Crippen LogP contribution in [0.2, 0.25) is 0 Å². The summed E-state index contributed by atoms with van der Waals surface area (Å²) in [5, 5.41) is 9.02. The number of nitrogens with zero attached hydrogens (tertiary/aromatic N) is 3. The zero-order chi connectivity index (χ0) is 23.9. The predicted molar refractivity (Wildman–Crippen MR) is 141 cm³/mol. The lowest BCUT2D eigenvalue weighted by Crippen LogP contribution is -2.36. The molecular formula is C30H34N4O. The van der Waals surface area contributed by atoms with E-state index in [0.717, 1.165) is 41.1 Å². The van der Waals surface area contributed by atoms with Crippen LogP contribution in [-0.2, 0) is 0 Å². The summed E-state index contributed by atoms with van der Waals surface area (Å²) in [6.45, 7) is 6.40. The normalized spacial score (nSPS) is 22.4. The van der Waals surface area contributed by atoms with Crippen LogP contribution in [0.3, 0.4) is 0 Å². The van der Waals surface area contributed by atoms with E-state index in [4.69, 9.17) is 5.10 Å². The molecule has 1 N–H and O–H groups in total. The Hall–Kier alpha value is -3.26. The van der Waals surface area contributed by atoms with Crippen LogP contribution < -0.4 is 10.2 Å². The second kappa shape index (κ2) is 9.07. The third-order valence-electron chi connectivity index (χ3n) is 8.29. The molecule has 0 bridgehead atoms. The molecule has 2 unspecified atom stereocenters. The molecule has 5 heteroatoms. The number of hydrogen-bond donors (Lipinski definition) is 1. The number of hydrogen-bond acceptors (Lipinski definition) is 3. The largest absolute Gasteiger partial charge is 0.371 e. The van der Waals surface area contributed by atoms with Crippen LogP contribution in [0.5, 0.6) is 0 Å². The van der Waals surface area contributed by atoms with Gasteiger partial charge in [0.1, 0.15) is 0 Å². The molecule has 3 fully saturated rings. The second-order valence-electron chi connectivity index (χ2n) is 10.6. The van der Waals surface area contributed by atoms with E-state index < -0.39 is 0 Å². The minimum atomic E-state index is -0.00481. The maximum atomic E-state index is 13.4. The molecule has 3 aromatic rings. The molecule has 3 aliphatic rings. The predicted octanol–water partition coefficient (Wildman–Crippen LogP) is 5.54. The number of amides is 1. The van der Waals surface area contributed by atoms with Crippen molar-refractivity contribution in [3.63, 3.8) is 0 Å². The number of fused-ring (bicyclic) bond motifs is 2. The van der Waals surface area contributed by atoms with Gasteiger partial charge in [0.25, 0.3) is 5.91 Å². The quantitative estimate of drug-likeness (QED) is 0.503. The summed E-state index contributed by atoms with van der Waals surface area (Å²) >= 11 is 0. The summed E-state index contributed by atoms with van der Waals surface area (Å²) in [6, 6.07) is 13.1. The van der Waals surface area contributed by atoms with Crippen LogP contribution in [-0.4, -0.2) is 34.8 Å². The number of nitrogens with one attached hydrogen (secondary N) is 1. The summed E-state index contributed by atoms with van der Waals surface area (Å²) in [6.07, 6.45) is 9.06. The van der Waals surface area contributed by atoms with Gasteiger partial charge in [-0.05, 0) is 74.8 Å². The molecule has 35 heavy (non-hydrogen) atoms. The molecule has 180 valence electrons. The minimum absolute atomic E-state index is 0.000373. The molecular weight excluding hydrogens is 432 g/mol. The Labute approximate surface area is 207 Å². The van der Waals surface area contributed by atoms with Crippen molar-refractivity contribution in [3.8, 4) is 11.8 Å². The van der Waals surface area contributed by atoms with Crippen molar-refractivity contribution in [1.82, 2.24) is 15.1 Å². The van der Waals surface area contributed by atoms with Crippen molar-refractivity contribution in [2.24, 2.45) is 11.8 Å². The van der Waals surface area contributed by atoms with Gasteiger partial charge in [-0.3, -0.25) is 9.48 Å². The molecule has 3 atom stereocenters. The topological polar surface area (TPSA) is 50.2 Å². The van der Waals surface area contributed by atoms with Crippen molar-refractivity contribution < 1.29 is 4.79 Å². The summed E-state index contributed by atoms with van der Waals surface area (Å²) in [7, 11) is 0. The number of carbonyl (C=O) groups is 1. The average Bonchev–Trinajstić information content (AvgIpc) is 3.27. The first-order valence-electron chi connectivity index (χ1n) is 13.2. The number of anilines is 1. The van der Waals surface area contributed by atoms with Gasteiger partial charge in [0.2, 0.25) is 0 Å². The first kappa shape index (κ1) is 22.2. The lowest BCUT2D eigenvalue weighted by molar-refractivity contribution is 0.0929. The van der Waals surface area contributed by atoms with Crippen molar-refractivity contribution in [3.05, 3.63) is 59.3 Å². The van der Waals surface area contributed by atoms with Crippen LogP contribution in [0.1, 0.15) is 79.9 Å². The molecule has 2 saturated carbocycles. The Morgan fingerprint density at radius 3 is 2.51 bits per heavy atom. The molecule has 0 radical (unpaired) electrons. The van der Waals surface area contributed by atoms with E-state index in [1.54, 1.807) is 0 Å². The van der Waals surface area contributed by atoms with Gasteiger partial charge in [0, 0.05) is 35.8 Å². The van der Waals surface area contributed by atoms with Gasteiger partial charge in [-0.15, -0.1) is 5.92 Å². The SMILES string of the molecule is CC#Cc1ccc(C(=O)NC2CCCCC2)c2c1cnn2[C@@H](C)c1ccc(N2CC3CC3C2)cc1. The Morgan fingerprint density at radius 1 is 1.06 bits per heavy atom. The van der Waals surface area contributed by atoms with E-state index in [1.807, 2.05) is 29.9 Å². The van der Waals surface area contributed by atoms with Crippen molar-refractivity contribution in [2.45, 2.75) is 64.5 Å². The van der Waals surface area contributed by atoms with Crippen molar-refractivity contribution in [1.29, 1.82) is 0 Å². The molecule has 6 rings (SSSR count). The van der Waals surface area contributed by atoms with Gasteiger partial charge in [0.15, 0.2) is 0 Å². The fourth-order valence-corrected chi connectivity index (χ4v) is 6.11. The zero-order valence-corrected chi connectivity index (χ0v) is 20.8. The molecule has 1 saturated heterocycles. The zero-order valence-electron chi connectivity index (χ0n) is 20.8. The molecule has 1 aromatic heterocycles. The third kappa shape index (κ3) is 4.20. The number of rotatable bonds is 5. The van der Waals surface area contributed by atoms with Crippen LogP contribution in [0.25, 0.3) is 10.9 Å². The van der Waals surface area contributed by atoms with Gasteiger partial charge >= 0.3 is 0 Å². The maximum absolute atomic E-state index is 13.4. The third-order valence-corrected chi connectivity index (χ3v) is 8.29. The molecule has 2 heterocycles. The smallest absolute Gasteiger partial charge is 0.253 e. The fourth-order valence-electron chi connectivity index (χ4n) is 6.11. The maximum Gasteiger partial charge on any atom is 0.253 e. The van der Waals surface area contributed by atoms with E-state index in [-0.39, 0.29) is 18.0 Å². The molecule has 5 nitrogen and oxygen atoms in total. The number of piperidine rings is 1. The van der Waals surface area contributed by atoms with Gasteiger partial charge in [-0.25, -0.2) is 0 Å². The van der Waals surface area contributed by atoms with Crippen LogP contribution in [0.15, 0.2) is 42.6 Å². The summed E-state index contributed by atoms with van der Waals surface area (Å²) in [5.41, 5.74) is 4.97. The molecule has 2 aromatic carbocycles. The lowest BCUT2D eigenvalue weighted by Gasteiger charge is -2.23. The van der Waals surface area contributed by atoms with Gasteiger partial charge in [-0.1, -0.05) is 37.3 Å². The van der Waals surface area contributed by atoms with E-state index in [2.05, 4.69) is 53.2 Å². The Balaban J connectivity index is 1.32. The first-order chi connectivity index (χ1) is 17.1. The average molecular weight is 467 g/mol. The lowest BCUT2D eigenvalue weighted by atomic mass is 9.95. The van der Waals surface area contributed by atoms with Crippen LogP contribution in [0, 0.1) is 23.7 Å². The van der Waals surface area contributed by atoms with E-state index >= 15 is 0 Å². The van der Waals surface area contributed by atoms with E-state index in [1.165, 1.54) is 50.0 Å². The van der Waals surface area contributed by atoms with E-state index in [9.17, 15) is 4.79 Å². The van der Waals surface area contributed by atoms with Gasteiger partial charge in [-0.2, -0.15) is 5.10 Å².